The Bertz CT molecular complexity index is 451. The van der Waals surface area contributed by atoms with Gasteiger partial charge in [-0.2, -0.15) is 0 Å². The molecule has 0 radical (unpaired) electrons. The minimum absolute atomic E-state index is 0.0560. The molecule has 2 rings (SSSR count). The van der Waals surface area contributed by atoms with E-state index in [1.54, 1.807) is 6.07 Å². The molecule has 5 heteroatoms. The highest BCUT2D eigenvalue weighted by Gasteiger charge is 2.44. The Morgan fingerprint density at radius 1 is 1.39 bits per heavy atom. The van der Waals surface area contributed by atoms with Crippen molar-refractivity contribution in [3.63, 3.8) is 0 Å². The molecule has 2 N–H and O–H groups in total. The number of carbonyl (C=O) groups excluding carboxylic acids is 1. The van der Waals surface area contributed by atoms with E-state index in [0.29, 0.717) is 16.6 Å². The average molecular weight is 287 g/mol. The van der Waals surface area contributed by atoms with Gasteiger partial charge in [-0.05, 0) is 37.1 Å². The van der Waals surface area contributed by atoms with Gasteiger partial charge in [0.1, 0.15) is 0 Å². The Kier molecular flexibility index (Phi) is 4.49. The molecule has 1 aromatic carbocycles. The molecule has 0 heterocycles. The van der Waals surface area contributed by atoms with Crippen LogP contribution in [-0.2, 0) is 4.79 Å². The summed E-state index contributed by atoms with van der Waals surface area (Å²) in [4.78, 5) is 11.8. The second-order valence-corrected chi connectivity index (χ2v) is 5.35. The highest BCUT2D eigenvalue weighted by atomic mass is 35.5. The number of rotatable bonds is 5. The summed E-state index contributed by atoms with van der Waals surface area (Å²) >= 11 is 12.0. The second-order valence-electron chi connectivity index (χ2n) is 4.51. The Hall–Kier alpha value is -0.770. The summed E-state index contributed by atoms with van der Waals surface area (Å²) in [6.07, 6.45) is 0.868. The summed E-state index contributed by atoms with van der Waals surface area (Å²) in [6.45, 7) is 1.44. The van der Waals surface area contributed by atoms with E-state index in [2.05, 4.69) is 10.6 Å². The van der Waals surface area contributed by atoms with Crippen LogP contribution in [0.25, 0.3) is 0 Å². The maximum absolute atomic E-state index is 11.8. The maximum atomic E-state index is 11.8. The fourth-order valence-corrected chi connectivity index (χ4v) is 2.62. The lowest BCUT2D eigenvalue weighted by atomic mass is 10.1. The summed E-state index contributed by atoms with van der Waals surface area (Å²) in [5, 5.41) is 7.17. The van der Waals surface area contributed by atoms with E-state index < -0.39 is 0 Å². The lowest BCUT2D eigenvalue weighted by Crippen LogP contribution is -2.31. The number of likely N-dealkylation sites (N-methyl/N-ethyl adjacent to an activating group) is 1. The first kappa shape index (κ1) is 13.7. The van der Waals surface area contributed by atoms with Gasteiger partial charge in [0.2, 0.25) is 5.91 Å². The van der Waals surface area contributed by atoms with Crippen molar-refractivity contribution in [3.8, 4) is 0 Å². The minimum atomic E-state index is 0.0560. The van der Waals surface area contributed by atoms with Crippen LogP contribution < -0.4 is 10.6 Å². The Morgan fingerprint density at radius 3 is 2.83 bits per heavy atom. The third kappa shape index (κ3) is 3.16. The van der Waals surface area contributed by atoms with Crippen molar-refractivity contribution in [2.75, 3.05) is 20.1 Å². The smallest absolute Gasteiger partial charge is 0.223 e. The highest BCUT2D eigenvalue weighted by Crippen LogP contribution is 2.49. The van der Waals surface area contributed by atoms with E-state index in [1.807, 2.05) is 19.2 Å². The third-order valence-corrected chi connectivity index (χ3v) is 3.73. The fourth-order valence-electron chi connectivity index (χ4n) is 2.07. The van der Waals surface area contributed by atoms with Crippen molar-refractivity contribution >= 4 is 29.1 Å². The van der Waals surface area contributed by atoms with E-state index in [0.717, 1.165) is 18.5 Å². The van der Waals surface area contributed by atoms with Crippen molar-refractivity contribution in [3.05, 3.63) is 33.8 Å². The van der Waals surface area contributed by atoms with E-state index in [-0.39, 0.29) is 17.7 Å². The van der Waals surface area contributed by atoms with Gasteiger partial charge in [-0.25, -0.2) is 0 Å². The summed E-state index contributed by atoms with van der Waals surface area (Å²) in [7, 11) is 1.86. The van der Waals surface area contributed by atoms with E-state index in [1.165, 1.54) is 0 Å². The van der Waals surface area contributed by atoms with Gasteiger partial charge in [0, 0.05) is 29.1 Å². The van der Waals surface area contributed by atoms with Crippen LogP contribution in [-0.4, -0.2) is 26.0 Å². The molecule has 0 aromatic heterocycles. The zero-order valence-electron chi connectivity index (χ0n) is 10.2. The number of benzene rings is 1. The number of carbonyl (C=O) groups is 1. The zero-order valence-corrected chi connectivity index (χ0v) is 11.7. The molecule has 2 atom stereocenters. The normalized spacial score (nSPS) is 21.7. The number of amides is 1. The van der Waals surface area contributed by atoms with Gasteiger partial charge in [-0.15, -0.1) is 0 Å². The third-order valence-electron chi connectivity index (χ3n) is 3.16. The fraction of sp³-hybridized carbons (Fsp3) is 0.462. The molecule has 1 amide bonds. The molecule has 98 valence electrons. The first-order chi connectivity index (χ1) is 8.63. The molecule has 18 heavy (non-hydrogen) atoms. The van der Waals surface area contributed by atoms with Crippen LogP contribution in [0, 0.1) is 5.92 Å². The highest BCUT2D eigenvalue weighted by molar-refractivity contribution is 6.35. The molecular weight excluding hydrogens is 271 g/mol. The van der Waals surface area contributed by atoms with Crippen LogP contribution in [0.2, 0.25) is 10.0 Å². The van der Waals surface area contributed by atoms with Gasteiger partial charge in [0.05, 0.1) is 0 Å². The summed E-state index contributed by atoms with van der Waals surface area (Å²) in [5.74, 6) is 0.408. The van der Waals surface area contributed by atoms with E-state index in [4.69, 9.17) is 23.2 Å². The first-order valence-corrected chi connectivity index (χ1v) is 6.76. The quantitative estimate of drug-likeness (QED) is 0.817. The standard InChI is InChI=1S/C13H16Cl2N2O/c1-16-4-5-17-13(18)11-7-10(11)9-3-2-8(14)6-12(9)15/h2-3,6,10-11,16H,4-5,7H2,1H3,(H,17,18). The van der Waals surface area contributed by atoms with Crippen LogP contribution in [0.3, 0.4) is 0 Å². The number of nitrogens with one attached hydrogen (secondary N) is 2. The molecular formula is C13H16Cl2N2O. The molecule has 0 bridgehead atoms. The number of hydrogen-bond donors (Lipinski definition) is 2. The van der Waals surface area contributed by atoms with Crippen molar-refractivity contribution in [2.45, 2.75) is 12.3 Å². The van der Waals surface area contributed by atoms with Crippen molar-refractivity contribution in [1.82, 2.24) is 10.6 Å². The van der Waals surface area contributed by atoms with Gasteiger partial charge in [-0.1, -0.05) is 29.3 Å². The molecule has 3 nitrogen and oxygen atoms in total. The largest absolute Gasteiger partial charge is 0.355 e. The van der Waals surface area contributed by atoms with Crippen LogP contribution in [0.1, 0.15) is 17.9 Å². The molecule has 1 fully saturated rings. The number of hydrogen-bond acceptors (Lipinski definition) is 2. The minimum Gasteiger partial charge on any atom is -0.355 e. The van der Waals surface area contributed by atoms with Crippen molar-refractivity contribution in [1.29, 1.82) is 0 Å². The monoisotopic (exact) mass is 286 g/mol. The molecule has 1 saturated carbocycles. The lowest BCUT2D eigenvalue weighted by Gasteiger charge is -2.06. The average Bonchev–Trinajstić information content (AvgIpc) is 3.09. The molecule has 2 unspecified atom stereocenters. The van der Waals surface area contributed by atoms with Gasteiger partial charge < -0.3 is 10.6 Å². The predicted octanol–water partition coefficient (Wildman–Crippen LogP) is 2.43. The Balaban J connectivity index is 1.92. The molecule has 0 aliphatic heterocycles. The predicted molar refractivity (Wildman–Crippen MR) is 74.2 cm³/mol. The second kappa shape index (κ2) is 5.91. The topological polar surface area (TPSA) is 41.1 Å². The Morgan fingerprint density at radius 2 is 2.17 bits per heavy atom. The molecule has 0 saturated heterocycles. The molecule has 0 spiro atoms. The summed E-state index contributed by atoms with van der Waals surface area (Å²) < 4.78 is 0. The zero-order chi connectivity index (χ0) is 13.1. The maximum Gasteiger partial charge on any atom is 0.223 e. The van der Waals surface area contributed by atoms with Gasteiger partial charge in [0.25, 0.3) is 0 Å². The summed E-state index contributed by atoms with van der Waals surface area (Å²) in [5.41, 5.74) is 1.02. The van der Waals surface area contributed by atoms with Crippen molar-refractivity contribution in [2.24, 2.45) is 5.92 Å². The van der Waals surface area contributed by atoms with Gasteiger partial charge in [-0.3, -0.25) is 4.79 Å². The Labute approximate surface area is 117 Å². The first-order valence-electron chi connectivity index (χ1n) is 6.00. The van der Waals surface area contributed by atoms with Crippen LogP contribution >= 0.6 is 23.2 Å². The van der Waals surface area contributed by atoms with Gasteiger partial charge in [0.15, 0.2) is 0 Å². The van der Waals surface area contributed by atoms with E-state index in [9.17, 15) is 4.79 Å². The molecule has 1 aliphatic rings. The summed E-state index contributed by atoms with van der Waals surface area (Å²) in [6, 6.07) is 5.46. The van der Waals surface area contributed by atoms with Crippen LogP contribution in [0.5, 0.6) is 0 Å². The SMILES string of the molecule is CNCCNC(=O)C1CC1c1ccc(Cl)cc1Cl. The lowest BCUT2D eigenvalue weighted by molar-refractivity contribution is -0.122. The number of halogens is 2. The van der Waals surface area contributed by atoms with Crippen LogP contribution in [0.4, 0.5) is 0 Å². The van der Waals surface area contributed by atoms with E-state index >= 15 is 0 Å². The van der Waals surface area contributed by atoms with Crippen molar-refractivity contribution < 1.29 is 4.79 Å². The molecule has 1 aromatic rings. The van der Waals surface area contributed by atoms with Crippen LogP contribution in [0.15, 0.2) is 18.2 Å². The van der Waals surface area contributed by atoms with Gasteiger partial charge >= 0.3 is 0 Å². The molecule has 1 aliphatic carbocycles.